The van der Waals surface area contributed by atoms with Crippen molar-refractivity contribution < 1.29 is 9.53 Å². The van der Waals surface area contributed by atoms with E-state index in [9.17, 15) is 4.79 Å². The molecule has 1 saturated carbocycles. The molecule has 10 nitrogen and oxygen atoms in total. The van der Waals surface area contributed by atoms with E-state index in [1.807, 2.05) is 12.1 Å². The fourth-order valence-corrected chi connectivity index (χ4v) is 6.60. The second-order valence-corrected chi connectivity index (χ2v) is 11.7. The molecule has 0 spiro atoms. The summed E-state index contributed by atoms with van der Waals surface area (Å²) >= 11 is 1.37. The molecule has 0 aromatic carbocycles. The molecular formula is C25H38N8O2S. The summed E-state index contributed by atoms with van der Waals surface area (Å²) in [5, 5.41) is 24.2. The Balaban J connectivity index is 1.08. The molecule has 0 radical (unpaired) electrons. The van der Waals surface area contributed by atoms with Gasteiger partial charge in [-0.15, -0.1) is 15.3 Å². The maximum absolute atomic E-state index is 12.8. The molecular weight excluding hydrogens is 476 g/mol. The molecule has 2 aliphatic heterocycles. The topological polar surface area (TPSA) is 108 Å². The molecule has 2 saturated heterocycles. The molecule has 0 unspecified atom stereocenters. The van der Waals surface area contributed by atoms with Gasteiger partial charge in [-0.3, -0.25) is 9.69 Å². The van der Waals surface area contributed by atoms with Gasteiger partial charge >= 0.3 is 0 Å². The summed E-state index contributed by atoms with van der Waals surface area (Å²) < 4.78 is 5.98. The molecule has 3 fully saturated rings. The first-order chi connectivity index (χ1) is 17.5. The number of nitrogens with zero attached hydrogens (tertiary/aromatic N) is 6. The number of morpholine rings is 1. The lowest BCUT2D eigenvalue weighted by Gasteiger charge is -2.48. The zero-order valence-corrected chi connectivity index (χ0v) is 22.2. The van der Waals surface area contributed by atoms with Crippen molar-refractivity contribution in [3.05, 3.63) is 18.3 Å². The van der Waals surface area contributed by atoms with Crippen LogP contribution in [0.2, 0.25) is 0 Å². The highest BCUT2D eigenvalue weighted by molar-refractivity contribution is 7.19. The van der Waals surface area contributed by atoms with E-state index in [1.54, 1.807) is 6.20 Å². The number of carbonyl (C=O) groups excluding carboxylic acids is 1. The quantitative estimate of drug-likeness (QED) is 0.548. The summed E-state index contributed by atoms with van der Waals surface area (Å²) in [6, 6.07) is 4.12. The SMILES string of the molecule is CC(C)(C1CCCCC1)N1CCO[C@H](CC(=O)Nc2nnc(N[C@@H]3CCN(c4cccnn4)C3)s2)C1. The Bertz CT molecular complexity index is 997. The number of rotatable bonds is 8. The van der Waals surface area contributed by atoms with Crippen LogP contribution in [0, 0.1) is 5.92 Å². The summed E-state index contributed by atoms with van der Waals surface area (Å²) in [5.41, 5.74) is 0.141. The summed E-state index contributed by atoms with van der Waals surface area (Å²) in [4.78, 5) is 17.5. The van der Waals surface area contributed by atoms with E-state index in [0.717, 1.165) is 44.3 Å². The van der Waals surface area contributed by atoms with Crippen molar-refractivity contribution in [2.24, 2.45) is 5.92 Å². The number of aromatic nitrogens is 4. The van der Waals surface area contributed by atoms with Gasteiger partial charge in [0, 0.05) is 44.0 Å². The fourth-order valence-electron chi connectivity index (χ4n) is 5.87. The number of hydrogen-bond acceptors (Lipinski definition) is 10. The molecule has 0 bridgehead atoms. The van der Waals surface area contributed by atoms with Crippen LogP contribution in [-0.2, 0) is 9.53 Å². The fraction of sp³-hybridized carbons (Fsp3) is 0.720. The van der Waals surface area contributed by atoms with Crippen LogP contribution in [0.3, 0.4) is 0 Å². The van der Waals surface area contributed by atoms with E-state index in [4.69, 9.17) is 4.74 Å². The van der Waals surface area contributed by atoms with Gasteiger partial charge in [0.15, 0.2) is 5.82 Å². The lowest BCUT2D eigenvalue weighted by atomic mass is 9.75. The standard InChI is InChI=1S/C25H38N8O2S/c1-25(2,18-7-4-3-5-8-18)33-13-14-35-20(17-33)15-22(34)28-24-31-30-23(36-24)27-19-10-12-32(16-19)21-9-6-11-26-29-21/h6,9,11,18-20H,3-5,7-8,10,12-17H2,1-2H3,(H,27,30)(H,28,31,34)/t19-,20-/m1/s1. The van der Waals surface area contributed by atoms with Crippen LogP contribution in [-0.4, -0.2) is 81.7 Å². The molecule has 36 heavy (non-hydrogen) atoms. The maximum atomic E-state index is 12.8. The molecule has 2 atom stereocenters. The van der Waals surface area contributed by atoms with Crippen LogP contribution in [0.1, 0.15) is 58.8 Å². The highest BCUT2D eigenvalue weighted by Crippen LogP contribution is 2.37. The number of anilines is 3. The highest BCUT2D eigenvalue weighted by atomic mass is 32.1. The monoisotopic (exact) mass is 514 g/mol. The van der Waals surface area contributed by atoms with Gasteiger partial charge in [-0.25, -0.2) is 0 Å². The van der Waals surface area contributed by atoms with Crippen molar-refractivity contribution in [1.82, 2.24) is 25.3 Å². The van der Waals surface area contributed by atoms with Crippen LogP contribution in [0.15, 0.2) is 18.3 Å². The Labute approximate surface area is 217 Å². The van der Waals surface area contributed by atoms with E-state index in [1.165, 1.54) is 43.4 Å². The molecule has 2 aromatic heterocycles. The third-order valence-corrected chi connectivity index (χ3v) is 8.81. The summed E-state index contributed by atoms with van der Waals surface area (Å²) in [7, 11) is 0. The molecule has 3 aliphatic rings. The van der Waals surface area contributed by atoms with Gasteiger partial charge in [0.1, 0.15) is 0 Å². The molecule has 4 heterocycles. The predicted molar refractivity (Wildman–Crippen MR) is 141 cm³/mol. The van der Waals surface area contributed by atoms with Crippen molar-refractivity contribution in [2.45, 2.75) is 76.5 Å². The zero-order chi connectivity index (χ0) is 25.0. The largest absolute Gasteiger partial charge is 0.375 e. The van der Waals surface area contributed by atoms with E-state index < -0.39 is 0 Å². The van der Waals surface area contributed by atoms with Crippen LogP contribution in [0.25, 0.3) is 0 Å². The Hall–Kier alpha value is -2.37. The minimum absolute atomic E-state index is 0.0743. The summed E-state index contributed by atoms with van der Waals surface area (Å²) in [6.07, 6.45) is 9.54. The van der Waals surface area contributed by atoms with Gasteiger partial charge in [-0.1, -0.05) is 30.6 Å². The number of ether oxygens (including phenoxy) is 1. The van der Waals surface area contributed by atoms with Crippen LogP contribution in [0.4, 0.5) is 16.1 Å². The van der Waals surface area contributed by atoms with Gasteiger partial charge in [0.2, 0.25) is 16.2 Å². The normalized spacial score (nSPS) is 24.1. The van der Waals surface area contributed by atoms with E-state index in [2.05, 4.69) is 54.7 Å². The number of carbonyl (C=O) groups is 1. The van der Waals surface area contributed by atoms with Crippen molar-refractivity contribution in [2.75, 3.05) is 48.3 Å². The molecule has 11 heteroatoms. The molecule has 2 aromatic rings. The third-order valence-electron chi connectivity index (χ3n) is 8.04. The summed E-state index contributed by atoms with van der Waals surface area (Å²) in [5.74, 6) is 1.53. The second-order valence-electron chi connectivity index (χ2n) is 10.7. The minimum atomic E-state index is -0.0994. The number of nitrogens with one attached hydrogen (secondary N) is 2. The zero-order valence-electron chi connectivity index (χ0n) is 21.4. The van der Waals surface area contributed by atoms with Gasteiger partial charge in [0.05, 0.1) is 19.1 Å². The van der Waals surface area contributed by atoms with Gasteiger partial charge in [-0.2, -0.15) is 5.10 Å². The second kappa shape index (κ2) is 11.4. The molecule has 2 N–H and O–H groups in total. The lowest BCUT2D eigenvalue weighted by Crippen LogP contribution is -2.56. The number of hydrogen-bond donors (Lipinski definition) is 2. The first-order valence-corrected chi connectivity index (χ1v) is 14.1. The van der Waals surface area contributed by atoms with E-state index in [-0.39, 0.29) is 23.6 Å². The maximum Gasteiger partial charge on any atom is 0.228 e. The van der Waals surface area contributed by atoms with Gasteiger partial charge < -0.3 is 20.3 Å². The van der Waals surface area contributed by atoms with E-state index >= 15 is 0 Å². The van der Waals surface area contributed by atoms with Crippen molar-refractivity contribution >= 4 is 33.3 Å². The smallest absolute Gasteiger partial charge is 0.228 e. The van der Waals surface area contributed by atoms with Gasteiger partial charge in [-0.05, 0) is 51.2 Å². The predicted octanol–water partition coefficient (Wildman–Crippen LogP) is 3.41. The Morgan fingerprint density at radius 1 is 1.11 bits per heavy atom. The Morgan fingerprint density at radius 2 is 1.94 bits per heavy atom. The first-order valence-electron chi connectivity index (χ1n) is 13.3. The van der Waals surface area contributed by atoms with Crippen LogP contribution in [0.5, 0.6) is 0 Å². The van der Waals surface area contributed by atoms with Crippen molar-refractivity contribution in [3.63, 3.8) is 0 Å². The Morgan fingerprint density at radius 3 is 2.75 bits per heavy atom. The highest BCUT2D eigenvalue weighted by Gasteiger charge is 2.38. The van der Waals surface area contributed by atoms with Crippen molar-refractivity contribution in [3.8, 4) is 0 Å². The first kappa shape index (κ1) is 25.3. The molecule has 1 amide bonds. The molecule has 196 valence electrons. The van der Waals surface area contributed by atoms with Gasteiger partial charge in [0.25, 0.3) is 0 Å². The molecule has 5 rings (SSSR count). The average Bonchev–Trinajstić information content (AvgIpc) is 3.55. The van der Waals surface area contributed by atoms with Crippen LogP contribution >= 0.6 is 11.3 Å². The number of amides is 1. The van der Waals surface area contributed by atoms with Crippen LogP contribution < -0.4 is 15.5 Å². The molecule has 1 aliphatic carbocycles. The van der Waals surface area contributed by atoms with E-state index in [0.29, 0.717) is 23.3 Å². The summed E-state index contributed by atoms with van der Waals surface area (Å²) in [6.45, 7) is 8.89. The average molecular weight is 515 g/mol. The lowest BCUT2D eigenvalue weighted by molar-refractivity contribution is -0.124. The minimum Gasteiger partial charge on any atom is -0.375 e. The third kappa shape index (κ3) is 6.12. The Kier molecular flexibility index (Phi) is 7.97. The van der Waals surface area contributed by atoms with Crippen molar-refractivity contribution in [1.29, 1.82) is 0 Å².